The van der Waals surface area contributed by atoms with Crippen molar-refractivity contribution in [2.45, 2.75) is 12.5 Å². The van der Waals surface area contributed by atoms with Crippen LogP contribution in [0.4, 0.5) is 10.1 Å². The summed E-state index contributed by atoms with van der Waals surface area (Å²) in [4.78, 5) is 9.62. The molecule has 0 fully saturated rings. The van der Waals surface area contributed by atoms with Crippen LogP contribution in [-0.2, 0) is 5.54 Å². The highest BCUT2D eigenvalue weighted by Crippen LogP contribution is 2.26. The average Bonchev–Trinajstić information content (AvgIpc) is 2.17. The Hall–Kier alpha value is -1.53. The molecular formula is C9H11FN2O3. The minimum atomic E-state index is -1.32. The van der Waals surface area contributed by atoms with Crippen LogP contribution in [0, 0.1) is 15.9 Å². The van der Waals surface area contributed by atoms with Gasteiger partial charge >= 0.3 is 5.69 Å². The van der Waals surface area contributed by atoms with E-state index >= 15 is 0 Å². The van der Waals surface area contributed by atoms with Gasteiger partial charge in [-0.05, 0) is 6.92 Å². The van der Waals surface area contributed by atoms with Crippen LogP contribution >= 0.6 is 0 Å². The van der Waals surface area contributed by atoms with Crippen LogP contribution in [0.1, 0.15) is 12.5 Å². The van der Waals surface area contributed by atoms with E-state index < -0.39 is 28.6 Å². The topological polar surface area (TPSA) is 89.4 Å². The largest absolute Gasteiger partial charge is 0.394 e. The van der Waals surface area contributed by atoms with Crippen LogP contribution < -0.4 is 5.73 Å². The van der Waals surface area contributed by atoms with Gasteiger partial charge in [0.15, 0.2) is 0 Å². The first-order chi connectivity index (χ1) is 6.90. The standard InChI is InChI=1S/C9H11FN2O3/c1-9(11,5-13)6-3-2-4-7(8(6)10)12(14)15/h2-4,13H,5,11H2,1H3. The molecule has 6 heteroatoms. The molecule has 1 aromatic rings. The maximum atomic E-state index is 13.6. The Morgan fingerprint density at radius 3 is 2.73 bits per heavy atom. The summed E-state index contributed by atoms with van der Waals surface area (Å²) < 4.78 is 13.6. The number of halogens is 1. The van der Waals surface area contributed by atoms with Crippen molar-refractivity contribution in [2.75, 3.05) is 6.61 Å². The van der Waals surface area contributed by atoms with Gasteiger partial charge in [0, 0.05) is 11.6 Å². The average molecular weight is 214 g/mol. The summed E-state index contributed by atoms with van der Waals surface area (Å²) in [6, 6.07) is 3.70. The third-order valence-corrected chi connectivity index (χ3v) is 2.12. The molecule has 1 unspecified atom stereocenters. The first-order valence-corrected chi connectivity index (χ1v) is 4.23. The zero-order chi connectivity index (χ0) is 11.6. The van der Waals surface area contributed by atoms with E-state index in [1.807, 2.05) is 0 Å². The predicted octanol–water partition coefficient (Wildman–Crippen LogP) is 0.900. The molecule has 0 aliphatic carbocycles. The smallest absolute Gasteiger partial charge is 0.305 e. The van der Waals surface area contributed by atoms with E-state index in [-0.39, 0.29) is 5.56 Å². The molecule has 1 rings (SSSR count). The van der Waals surface area contributed by atoms with Crippen molar-refractivity contribution < 1.29 is 14.4 Å². The number of hydrogen-bond donors (Lipinski definition) is 2. The summed E-state index contributed by atoms with van der Waals surface area (Å²) >= 11 is 0. The van der Waals surface area contributed by atoms with Crippen LogP contribution in [-0.4, -0.2) is 16.6 Å². The number of aliphatic hydroxyl groups is 1. The number of nitro groups is 1. The van der Waals surface area contributed by atoms with Crippen molar-refractivity contribution in [1.82, 2.24) is 0 Å². The molecule has 0 radical (unpaired) electrons. The van der Waals surface area contributed by atoms with Gasteiger partial charge in [-0.25, -0.2) is 0 Å². The van der Waals surface area contributed by atoms with E-state index in [0.29, 0.717) is 0 Å². The summed E-state index contributed by atoms with van der Waals surface area (Å²) in [5.41, 5.74) is 3.56. The SMILES string of the molecule is CC(N)(CO)c1cccc([N+](=O)[O-])c1F. The van der Waals surface area contributed by atoms with Crippen LogP contribution in [0.15, 0.2) is 18.2 Å². The maximum Gasteiger partial charge on any atom is 0.305 e. The van der Waals surface area contributed by atoms with Crippen molar-refractivity contribution in [1.29, 1.82) is 0 Å². The maximum absolute atomic E-state index is 13.6. The molecule has 82 valence electrons. The number of rotatable bonds is 3. The van der Waals surface area contributed by atoms with Crippen LogP contribution in [0.2, 0.25) is 0 Å². The predicted molar refractivity (Wildman–Crippen MR) is 51.7 cm³/mol. The Morgan fingerprint density at radius 1 is 1.67 bits per heavy atom. The zero-order valence-corrected chi connectivity index (χ0v) is 8.11. The molecule has 0 aliphatic heterocycles. The lowest BCUT2D eigenvalue weighted by Gasteiger charge is -2.22. The quantitative estimate of drug-likeness (QED) is 0.577. The fourth-order valence-electron chi connectivity index (χ4n) is 1.19. The van der Waals surface area contributed by atoms with Gasteiger partial charge in [-0.15, -0.1) is 0 Å². The zero-order valence-electron chi connectivity index (χ0n) is 8.11. The van der Waals surface area contributed by atoms with Crippen LogP contribution in [0.25, 0.3) is 0 Å². The van der Waals surface area contributed by atoms with Crippen molar-refractivity contribution in [3.05, 3.63) is 39.7 Å². The van der Waals surface area contributed by atoms with Crippen LogP contribution in [0.3, 0.4) is 0 Å². The highest BCUT2D eigenvalue weighted by molar-refractivity contribution is 5.39. The highest BCUT2D eigenvalue weighted by Gasteiger charge is 2.28. The van der Waals surface area contributed by atoms with Crippen LogP contribution in [0.5, 0.6) is 0 Å². The van der Waals surface area contributed by atoms with Gasteiger partial charge in [0.05, 0.1) is 17.1 Å². The number of benzene rings is 1. The molecule has 1 atom stereocenters. The van der Waals surface area contributed by atoms with E-state index in [0.717, 1.165) is 6.07 Å². The Morgan fingerprint density at radius 2 is 2.27 bits per heavy atom. The summed E-state index contributed by atoms with van der Waals surface area (Å²) in [6.07, 6.45) is 0. The third-order valence-electron chi connectivity index (χ3n) is 2.12. The summed E-state index contributed by atoms with van der Waals surface area (Å²) in [5.74, 6) is -0.999. The normalized spacial score (nSPS) is 14.7. The highest BCUT2D eigenvalue weighted by atomic mass is 19.1. The fourth-order valence-corrected chi connectivity index (χ4v) is 1.19. The monoisotopic (exact) mass is 214 g/mol. The fraction of sp³-hybridized carbons (Fsp3) is 0.333. The van der Waals surface area contributed by atoms with Gasteiger partial charge in [-0.2, -0.15) is 4.39 Å². The second-order valence-electron chi connectivity index (χ2n) is 3.47. The van der Waals surface area contributed by atoms with Gasteiger partial charge in [-0.3, -0.25) is 10.1 Å². The minimum Gasteiger partial charge on any atom is -0.394 e. The number of hydrogen-bond acceptors (Lipinski definition) is 4. The lowest BCUT2D eigenvalue weighted by molar-refractivity contribution is -0.387. The molecule has 0 spiro atoms. The lowest BCUT2D eigenvalue weighted by Crippen LogP contribution is -2.38. The molecule has 1 aromatic carbocycles. The molecule has 0 amide bonds. The number of nitro benzene ring substituents is 1. The van der Waals surface area contributed by atoms with Gasteiger partial charge in [0.2, 0.25) is 5.82 Å². The number of nitrogens with zero attached hydrogens (tertiary/aromatic N) is 1. The van der Waals surface area contributed by atoms with Crippen molar-refractivity contribution in [3.63, 3.8) is 0 Å². The molecule has 0 bridgehead atoms. The number of aliphatic hydroxyl groups excluding tert-OH is 1. The third kappa shape index (κ3) is 2.11. The molecule has 5 nitrogen and oxygen atoms in total. The molecule has 0 aromatic heterocycles. The first kappa shape index (κ1) is 11.5. The van der Waals surface area contributed by atoms with Gasteiger partial charge in [0.1, 0.15) is 0 Å². The summed E-state index contributed by atoms with van der Waals surface area (Å²) in [7, 11) is 0. The van der Waals surface area contributed by atoms with Crippen molar-refractivity contribution in [2.24, 2.45) is 5.73 Å². The van der Waals surface area contributed by atoms with E-state index in [1.165, 1.54) is 19.1 Å². The molecule has 0 saturated heterocycles. The molecule has 0 aliphatic rings. The van der Waals surface area contributed by atoms with E-state index in [1.54, 1.807) is 0 Å². The van der Waals surface area contributed by atoms with E-state index in [2.05, 4.69) is 0 Å². The Bertz CT molecular complexity index is 393. The summed E-state index contributed by atoms with van der Waals surface area (Å²) in [6.45, 7) is 0.903. The van der Waals surface area contributed by atoms with Crippen molar-refractivity contribution >= 4 is 5.69 Å². The molecular weight excluding hydrogens is 203 g/mol. The first-order valence-electron chi connectivity index (χ1n) is 4.23. The molecule has 15 heavy (non-hydrogen) atoms. The number of nitrogens with two attached hydrogens (primary N) is 1. The second kappa shape index (κ2) is 3.92. The molecule has 3 N–H and O–H groups in total. The Kier molecular flexibility index (Phi) is 3.01. The summed E-state index contributed by atoms with van der Waals surface area (Å²) in [5, 5.41) is 19.4. The van der Waals surface area contributed by atoms with Crippen molar-refractivity contribution in [3.8, 4) is 0 Å². The minimum absolute atomic E-state index is 0.0702. The Labute approximate surface area is 85.5 Å². The van der Waals surface area contributed by atoms with E-state index in [4.69, 9.17) is 10.8 Å². The van der Waals surface area contributed by atoms with Gasteiger partial charge < -0.3 is 10.8 Å². The van der Waals surface area contributed by atoms with Gasteiger partial charge in [0.25, 0.3) is 0 Å². The van der Waals surface area contributed by atoms with Gasteiger partial charge in [-0.1, -0.05) is 12.1 Å². The molecule has 0 heterocycles. The van der Waals surface area contributed by atoms with E-state index in [9.17, 15) is 14.5 Å². The Balaban J connectivity index is 3.33. The second-order valence-corrected chi connectivity index (χ2v) is 3.47. The lowest BCUT2D eigenvalue weighted by atomic mass is 9.93. The molecule has 0 saturated carbocycles.